The Morgan fingerprint density at radius 2 is 1.97 bits per heavy atom. The lowest BCUT2D eigenvalue weighted by Gasteiger charge is -2.23. The maximum absolute atomic E-state index is 14.0. The molecule has 3 aromatic heterocycles. The average molecular weight is 486 g/mol. The highest BCUT2D eigenvalue weighted by molar-refractivity contribution is 5.83. The van der Waals surface area contributed by atoms with Crippen molar-refractivity contribution >= 4 is 27.9 Å². The third-order valence-corrected chi connectivity index (χ3v) is 6.44. The molecule has 0 bridgehead atoms. The first-order valence-electron chi connectivity index (χ1n) is 11.9. The van der Waals surface area contributed by atoms with E-state index in [4.69, 9.17) is 9.72 Å². The molecule has 0 saturated carbocycles. The number of nitrogens with zero attached hydrogens (tertiary/aromatic N) is 6. The molecule has 0 amide bonds. The van der Waals surface area contributed by atoms with Crippen LogP contribution in [-0.2, 0) is 4.74 Å². The van der Waals surface area contributed by atoms with E-state index in [1.54, 1.807) is 6.33 Å². The fourth-order valence-electron chi connectivity index (χ4n) is 4.67. The molecule has 36 heavy (non-hydrogen) atoms. The van der Waals surface area contributed by atoms with E-state index < -0.39 is 11.9 Å². The second kappa shape index (κ2) is 9.12. The number of imidazole rings is 1. The number of halogens is 1. The molecular formula is C26H24FN7O2. The van der Waals surface area contributed by atoms with Crippen molar-refractivity contribution in [3.05, 3.63) is 83.2 Å². The number of hydrogen-bond donors (Lipinski definition) is 1. The van der Waals surface area contributed by atoms with Crippen molar-refractivity contribution in [3.63, 3.8) is 0 Å². The highest BCUT2D eigenvalue weighted by Gasteiger charge is 2.23. The van der Waals surface area contributed by atoms with E-state index in [1.807, 2.05) is 41.8 Å². The molecule has 0 aliphatic carbocycles. The van der Waals surface area contributed by atoms with Gasteiger partial charge in [-0.2, -0.15) is 0 Å². The van der Waals surface area contributed by atoms with Gasteiger partial charge in [0, 0.05) is 6.61 Å². The van der Waals surface area contributed by atoms with Crippen LogP contribution < -0.4 is 10.9 Å². The molecule has 2 atom stereocenters. The number of para-hydroxylation sites is 1. The van der Waals surface area contributed by atoms with Gasteiger partial charge < -0.3 is 10.1 Å². The van der Waals surface area contributed by atoms with Crippen molar-refractivity contribution in [3.8, 4) is 5.69 Å². The second-order valence-electron chi connectivity index (χ2n) is 8.84. The molecule has 1 N–H and O–H groups in total. The van der Waals surface area contributed by atoms with E-state index in [1.165, 1.54) is 29.1 Å². The maximum atomic E-state index is 14.0. The zero-order chi connectivity index (χ0) is 24.6. The van der Waals surface area contributed by atoms with Crippen LogP contribution in [0.25, 0.3) is 27.8 Å². The van der Waals surface area contributed by atoms with E-state index in [0.29, 0.717) is 40.6 Å². The Labute approximate surface area is 205 Å². The van der Waals surface area contributed by atoms with Crippen molar-refractivity contribution in [2.75, 3.05) is 11.9 Å². The SMILES string of the molecule is C[C@H](Nc1ncnc2c1ncn2C1CCCCO1)c1nc2ccc(F)cc2c(=O)n1-c1ccccc1. The Morgan fingerprint density at radius 3 is 2.78 bits per heavy atom. The van der Waals surface area contributed by atoms with Crippen LogP contribution in [-0.4, -0.2) is 35.7 Å². The third kappa shape index (κ3) is 3.89. The van der Waals surface area contributed by atoms with Crippen molar-refractivity contribution < 1.29 is 9.13 Å². The van der Waals surface area contributed by atoms with E-state index in [0.717, 1.165) is 19.3 Å². The summed E-state index contributed by atoms with van der Waals surface area (Å²) in [5.74, 6) is 0.503. The Morgan fingerprint density at radius 1 is 1.11 bits per heavy atom. The van der Waals surface area contributed by atoms with Gasteiger partial charge in [0.2, 0.25) is 0 Å². The van der Waals surface area contributed by atoms with Crippen molar-refractivity contribution in [1.82, 2.24) is 29.1 Å². The van der Waals surface area contributed by atoms with Crippen LogP contribution in [0.15, 0.2) is 66.0 Å². The van der Waals surface area contributed by atoms with Crippen LogP contribution in [0.5, 0.6) is 0 Å². The summed E-state index contributed by atoms with van der Waals surface area (Å²) in [7, 11) is 0. The molecule has 0 spiro atoms. The first-order valence-corrected chi connectivity index (χ1v) is 11.9. The topological polar surface area (TPSA) is 99.8 Å². The molecule has 1 fully saturated rings. The van der Waals surface area contributed by atoms with Crippen molar-refractivity contribution in [2.24, 2.45) is 0 Å². The molecule has 182 valence electrons. The summed E-state index contributed by atoms with van der Waals surface area (Å²) in [6, 6.07) is 12.8. The molecule has 4 heterocycles. The van der Waals surface area contributed by atoms with Crippen LogP contribution in [0.2, 0.25) is 0 Å². The standard InChI is InChI=1S/C26H24FN7O2/c1-16(31-23-22-25(29-14-28-23)33(15-30-22)21-9-5-6-12-36-21)24-32-20-11-10-17(27)13-19(20)26(35)34(24)18-7-3-2-4-8-18/h2-4,7-8,10-11,13-16,21H,5-6,9,12H2,1H3,(H,28,29,31)/t16-,21?/m0/s1. The maximum Gasteiger partial charge on any atom is 0.266 e. The van der Waals surface area contributed by atoms with Gasteiger partial charge in [0.25, 0.3) is 5.56 Å². The van der Waals surface area contributed by atoms with E-state index in [9.17, 15) is 9.18 Å². The Kier molecular flexibility index (Phi) is 5.65. The second-order valence-corrected chi connectivity index (χ2v) is 8.84. The zero-order valence-electron chi connectivity index (χ0n) is 19.6. The first kappa shape index (κ1) is 22.3. The lowest BCUT2D eigenvalue weighted by molar-refractivity contribution is -0.0298. The number of fused-ring (bicyclic) bond motifs is 2. The normalized spacial score (nSPS) is 16.9. The van der Waals surface area contributed by atoms with E-state index in [2.05, 4.69) is 20.3 Å². The largest absolute Gasteiger partial charge is 0.358 e. The van der Waals surface area contributed by atoms with Gasteiger partial charge in [-0.15, -0.1) is 0 Å². The molecule has 1 aliphatic heterocycles. The van der Waals surface area contributed by atoms with Gasteiger partial charge in [0.05, 0.1) is 29.0 Å². The predicted octanol–water partition coefficient (Wildman–Crippen LogP) is 4.54. The average Bonchev–Trinajstić information content (AvgIpc) is 3.35. The predicted molar refractivity (Wildman–Crippen MR) is 133 cm³/mol. The summed E-state index contributed by atoms with van der Waals surface area (Å²) in [6.45, 7) is 2.61. The Balaban J connectivity index is 1.44. The van der Waals surface area contributed by atoms with Gasteiger partial charge >= 0.3 is 0 Å². The van der Waals surface area contributed by atoms with Crippen LogP contribution in [0.4, 0.5) is 10.2 Å². The Bertz CT molecular complexity index is 1610. The summed E-state index contributed by atoms with van der Waals surface area (Å²) in [4.78, 5) is 31.7. The van der Waals surface area contributed by atoms with Gasteiger partial charge in [-0.25, -0.2) is 24.3 Å². The number of hydrogen-bond acceptors (Lipinski definition) is 7. The van der Waals surface area contributed by atoms with Gasteiger partial charge in [0.1, 0.15) is 24.2 Å². The summed E-state index contributed by atoms with van der Waals surface area (Å²) in [5.41, 5.74) is 1.99. The molecular weight excluding hydrogens is 461 g/mol. The van der Waals surface area contributed by atoms with Gasteiger partial charge in [-0.3, -0.25) is 13.9 Å². The minimum Gasteiger partial charge on any atom is -0.358 e. The number of ether oxygens (including phenoxy) is 1. The molecule has 5 aromatic rings. The molecule has 9 nitrogen and oxygen atoms in total. The highest BCUT2D eigenvalue weighted by Crippen LogP contribution is 2.29. The summed E-state index contributed by atoms with van der Waals surface area (Å²) in [5, 5.41) is 3.58. The lowest BCUT2D eigenvalue weighted by atomic mass is 10.2. The number of aromatic nitrogens is 6. The molecule has 0 radical (unpaired) electrons. The monoisotopic (exact) mass is 485 g/mol. The number of anilines is 1. The summed E-state index contributed by atoms with van der Waals surface area (Å²) in [6.07, 6.45) is 6.16. The van der Waals surface area contributed by atoms with E-state index in [-0.39, 0.29) is 17.2 Å². The molecule has 6 rings (SSSR count). The van der Waals surface area contributed by atoms with Crippen molar-refractivity contribution in [1.29, 1.82) is 0 Å². The summed E-state index contributed by atoms with van der Waals surface area (Å²) < 4.78 is 23.3. The van der Waals surface area contributed by atoms with Gasteiger partial charge in [0.15, 0.2) is 17.0 Å². The Hall–Kier alpha value is -4.18. The molecule has 10 heteroatoms. The molecule has 1 unspecified atom stereocenters. The summed E-state index contributed by atoms with van der Waals surface area (Å²) >= 11 is 0. The number of benzene rings is 2. The van der Waals surface area contributed by atoms with Crippen molar-refractivity contribution in [2.45, 2.75) is 38.5 Å². The van der Waals surface area contributed by atoms with Gasteiger partial charge in [-0.1, -0.05) is 18.2 Å². The smallest absolute Gasteiger partial charge is 0.266 e. The molecule has 1 aliphatic rings. The molecule has 2 aromatic carbocycles. The minimum absolute atomic E-state index is 0.102. The lowest BCUT2D eigenvalue weighted by Crippen LogP contribution is -2.27. The number of rotatable bonds is 5. The minimum atomic E-state index is -0.485. The van der Waals surface area contributed by atoms with Gasteiger partial charge in [-0.05, 0) is 56.5 Å². The fraction of sp³-hybridized carbons (Fsp3) is 0.269. The molecule has 1 saturated heterocycles. The first-order chi connectivity index (χ1) is 17.6. The quantitative estimate of drug-likeness (QED) is 0.390. The third-order valence-electron chi connectivity index (χ3n) is 6.44. The number of nitrogens with one attached hydrogen (secondary N) is 1. The van der Waals surface area contributed by atoms with Crippen LogP contribution in [0, 0.1) is 5.82 Å². The van der Waals surface area contributed by atoms with E-state index >= 15 is 0 Å². The highest BCUT2D eigenvalue weighted by atomic mass is 19.1. The van der Waals surface area contributed by atoms with Crippen LogP contribution in [0.1, 0.15) is 44.3 Å². The fourth-order valence-corrected chi connectivity index (χ4v) is 4.67. The zero-order valence-corrected chi connectivity index (χ0v) is 19.6. The van der Waals surface area contributed by atoms with Crippen LogP contribution in [0.3, 0.4) is 0 Å². The van der Waals surface area contributed by atoms with Crippen LogP contribution >= 0.6 is 0 Å².